The summed E-state index contributed by atoms with van der Waals surface area (Å²) in [4.78, 5) is 2.40. The number of nitrogens with zero attached hydrogens (tertiary/aromatic N) is 1. The van der Waals surface area contributed by atoms with Crippen LogP contribution in [-0.4, -0.2) is 0 Å². The first-order valence-electron chi connectivity index (χ1n) is 16.7. The summed E-state index contributed by atoms with van der Waals surface area (Å²) in [7, 11) is 0. The van der Waals surface area contributed by atoms with Crippen LogP contribution in [0, 0.1) is 6.92 Å². The highest BCUT2D eigenvalue weighted by Crippen LogP contribution is 2.44. The van der Waals surface area contributed by atoms with E-state index in [0.717, 1.165) is 11.4 Å². The van der Waals surface area contributed by atoms with Crippen molar-refractivity contribution in [3.63, 3.8) is 0 Å². The van der Waals surface area contributed by atoms with Crippen LogP contribution in [0.15, 0.2) is 158 Å². The highest BCUT2D eigenvalue weighted by molar-refractivity contribution is 6.26. The number of benzene rings is 10. The predicted molar refractivity (Wildman–Crippen MR) is 209 cm³/mol. The van der Waals surface area contributed by atoms with Crippen molar-refractivity contribution in [2.24, 2.45) is 0 Å². The first-order valence-corrected chi connectivity index (χ1v) is 16.7. The van der Waals surface area contributed by atoms with Gasteiger partial charge in [-0.25, -0.2) is 0 Å². The van der Waals surface area contributed by atoms with E-state index in [0.29, 0.717) is 0 Å². The van der Waals surface area contributed by atoms with Gasteiger partial charge in [-0.1, -0.05) is 145 Å². The number of hydrogen-bond acceptors (Lipinski definition) is 1. The Morgan fingerprint density at radius 3 is 1.44 bits per heavy atom. The van der Waals surface area contributed by atoms with Crippen molar-refractivity contribution in [1.82, 2.24) is 0 Å². The molecule has 0 heterocycles. The summed E-state index contributed by atoms with van der Waals surface area (Å²) in [6.45, 7) is 2.15. The van der Waals surface area contributed by atoms with Crippen molar-refractivity contribution >= 4 is 93.8 Å². The van der Waals surface area contributed by atoms with Crippen LogP contribution in [0.3, 0.4) is 0 Å². The molecule has 0 unspecified atom stereocenters. The van der Waals surface area contributed by atoms with Gasteiger partial charge in [0.15, 0.2) is 0 Å². The predicted octanol–water partition coefficient (Wildman–Crippen LogP) is 13.4. The molecule has 0 saturated carbocycles. The molecule has 48 heavy (non-hydrogen) atoms. The van der Waals surface area contributed by atoms with Gasteiger partial charge in [-0.2, -0.15) is 0 Å². The fraction of sp³-hybridized carbons (Fsp3) is 0.0213. The number of rotatable bonds is 5. The van der Waals surface area contributed by atoms with E-state index in [1.54, 1.807) is 0 Å². The molecule has 10 aromatic carbocycles. The lowest BCUT2D eigenvalue weighted by atomic mass is 9.92. The molecule has 0 aliphatic rings. The molecule has 0 saturated heterocycles. The third kappa shape index (κ3) is 4.11. The molecule has 0 aromatic heterocycles. The lowest BCUT2D eigenvalue weighted by molar-refractivity contribution is 1.29. The Labute approximate surface area is 279 Å². The molecule has 10 rings (SSSR count). The van der Waals surface area contributed by atoms with Gasteiger partial charge in [-0.3, -0.25) is 0 Å². The van der Waals surface area contributed by atoms with Crippen LogP contribution in [0.4, 0.5) is 17.1 Å². The minimum Gasteiger partial charge on any atom is -0.310 e. The highest BCUT2D eigenvalue weighted by Gasteiger charge is 2.18. The number of anilines is 3. The van der Waals surface area contributed by atoms with E-state index in [9.17, 15) is 0 Å². The summed E-state index contributed by atoms with van der Waals surface area (Å²) in [5.41, 5.74) is 7.12. The van der Waals surface area contributed by atoms with Crippen LogP contribution >= 0.6 is 0 Å². The van der Waals surface area contributed by atoms with Crippen LogP contribution in [-0.2, 0) is 0 Å². The molecule has 10 aromatic rings. The van der Waals surface area contributed by atoms with Gasteiger partial charge in [0.2, 0.25) is 0 Å². The van der Waals surface area contributed by atoms with Crippen LogP contribution in [0.5, 0.6) is 0 Å². The molecule has 1 nitrogen and oxygen atoms in total. The molecule has 1 heteroatoms. The zero-order chi connectivity index (χ0) is 31.8. The third-order valence-corrected chi connectivity index (χ3v) is 10.2. The maximum absolute atomic E-state index is 2.40. The van der Waals surface area contributed by atoms with E-state index in [-0.39, 0.29) is 0 Å². The molecule has 0 amide bonds. The monoisotopic (exact) mass is 609 g/mol. The Balaban J connectivity index is 1.08. The summed E-state index contributed by atoms with van der Waals surface area (Å²) in [6.07, 6.45) is 4.50. The van der Waals surface area contributed by atoms with E-state index in [1.165, 1.54) is 87.0 Å². The van der Waals surface area contributed by atoms with Crippen molar-refractivity contribution in [2.75, 3.05) is 4.90 Å². The Morgan fingerprint density at radius 1 is 0.375 bits per heavy atom. The molecular weight excluding hydrogens is 579 g/mol. The van der Waals surface area contributed by atoms with Crippen LogP contribution in [0.2, 0.25) is 0 Å². The number of hydrogen-bond donors (Lipinski definition) is 0. The zero-order valence-corrected chi connectivity index (χ0v) is 26.6. The Bertz CT molecular complexity index is 2790. The summed E-state index contributed by atoms with van der Waals surface area (Å²) in [5, 5.41) is 15.7. The molecular formula is C47H31N. The second-order valence-corrected chi connectivity index (χ2v) is 13.0. The lowest BCUT2D eigenvalue weighted by Crippen LogP contribution is -2.10. The van der Waals surface area contributed by atoms with Crippen molar-refractivity contribution in [1.29, 1.82) is 0 Å². The first kappa shape index (κ1) is 27.0. The second-order valence-electron chi connectivity index (χ2n) is 13.0. The van der Waals surface area contributed by atoms with E-state index in [1.807, 2.05) is 0 Å². The van der Waals surface area contributed by atoms with Gasteiger partial charge in [-0.15, -0.1) is 0 Å². The second kappa shape index (κ2) is 10.4. The Hall–Kier alpha value is -6.18. The van der Waals surface area contributed by atoms with Crippen molar-refractivity contribution < 1.29 is 0 Å². The molecule has 0 spiro atoms. The maximum Gasteiger partial charge on any atom is 0.0540 e. The molecule has 0 aliphatic heterocycles. The largest absolute Gasteiger partial charge is 0.310 e. The minimum absolute atomic E-state index is 1.13. The molecule has 0 bridgehead atoms. The van der Waals surface area contributed by atoms with Crippen LogP contribution < -0.4 is 4.90 Å². The fourth-order valence-electron chi connectivity index (χ4n) is 7.86. The summed E-state index contributed by atoms with van der Waals surface area (Å²) < 4.78 is 0. The first-order chi connectivity index (χ1) is 23.7. The van der Waals surface area contributed by atoms with Gasteiger partial charge in [0, 0.05) is 16.8 Å². The molecule has 0 aliphatic carbocycles. The molecule has 0 N–H and O–H groups in total. The van der Waals surface area contributed by atoms with E-state index < -0.39 is 0 Å². The van der Waals surface area contributed by atoms with Crippen molar-refractivity contribution in [2.45, 2.75) is 6.92 Å². The highest BCUT2D eigenvalue weighted by atomic mass is 15.1. The van der Waals surface area contributed by atoms with E-state index in [2.05, 4.69) is 182 Å². The van der Waals surface area contributed by atoms with Gasteiger partial charge in [0.1, 0.15) is 0 Å². The average Bonchev–Trinajstić information content (AvgIpc) is 3.14. The topological polar surface area (TPSA) is 3.24 Å². The summed E-state index contributed by atoms with van der Waals surface area (Å²) in [5.74, 6) is 0. The molecule has 0 radical (unpaired) electrons. The van der Waals surface area contributed by atoms with Crippen LogP contribution in [0.25, 0.3) is 76.8 Å². The lowest BCUT2D eigenvalue weighted by Gasteiger charge is -2.28. The summed E-state index contributed by atoms with van der Waals surface area (Å²) >= 11 is 0. The molecule has 224 valence electrons. The number of aryl methyl sites for hydroxylation is 1. The van der Waals surface area contributed by atoms with Crippen molar-refractivity contribution in [3.8, 4) is 0 Å². The minimum atomic E-state index is 1.13. The summed E-state index contributed by atoms with van der Waals surface area (Å²) in [6, 6.07) is 58.2. The molecule has 0 fully saturated rings. The SMILES string of the molecule is Cc1ccc(N(c2ccc(C=Cc3ccc4ccc5cccc6ccc3c4c56)cc2)c2ccc3ccc4cccc5ccc2c3c45)cc1. The smallest absolute Gasteiger partial charge is 0.0540 e. The average molecular weight is 610 g/mol. The standard InChI is InChI=1S/C47H31N/c1-30-8-23-39(24-9-30)48(43-29-22-38-19-17-34-5-3-7-36-21-28-42(43)47(38)45(34)36)40-25-11-31(12-26-40)10-13-32-14-15-37-18-16-33-4-2-6-35-20-27-41(32)46(37)44(33)35/h2-29H,1H3. The Kier molecular flexibility index (Phi) is 5.86. The zero-order valence-electron chi connectivity index (χ0n) is 26.6. The van der Waals surface area contributed by atoms with Gasteiger partial charge < -0.3 is 4.90 Å². The van der Waals surface area contributed by atoms with Crippen molar-refractivity contribution in [3.05, 3.63) is 174 Å². The molecule has 0 atom stereocenters. The van der Waals surface area contributed by atoms with E-state index in [4.69, 9.17) is 0 Å². The van der Waals surface area contributed by atoms with Gasteiger partial charge >= 0.3 is 0 Å². The third-order valence-electron chi connectivity index (χ3n) is 10.2. The normalized spacial score (nSPS) is 12.2. The van der Waals surface area contributed by atoms with Gasteiger partial charge in [0.25, 0.3) is 0 Å². The van der Waals surface area contributed by atoms with Gasteiger partial charge in [-0.05, 0) is 108 Å². The Morgan fingerprint density at radius 2 is 0.833 bits per heavy atom. The quantitative estimate of drug-likeness (QED) is 0.139. The maximum atomic E-state index is 2.40. The van der Waals surface area contributed by atoms with Gasteiger partial charge in [0.05, 0.1) is 5.69 Å². The fourth-order valence-corrected chi connectivity index (χ4v) is 7.86. The van der Waals surface area contributed by atoms with E-state index >= 15 is 0 Å². The van der Waals surface area contributed by atoms with Crippen LogP contribution in [0.1, 0.15) is 16.7 Å².